The summed E-state index contributed by atoms with van der Waals surface area (Å²) in [4.78, 5) is 27.3. The number of aliphatic hydroxyl groups is 1. The molecule has 2 aromatic heterocycles. The zero-order valence-corrected chi connectivity index (χ0v) is 19.9. The Bertz CT molecular complexity index is 1210. The molecular weight excluding hydrogens is 420 g/mol. The molecule has 4 rings (SSSR count). The van der Waals surface area contributed by atoms with Gasteiger partial charge in [-0.2, -0.15) is 5.10 Å². The molecule has 1 aliphatic rings. The van der Waals surface area contributed by atoms with E-state index in [1.807, 2.05) is 65.0 Å². The number of ether oxygens (including phenoxy) is 1. The summed E-state index contributed by atoms with van der Waals surface area (Å²) < 4.78 is 8.77. The molecule has 1 atom stereocenters. The average Bonchev–Trinajstić information content (AvgIpc) is 3.18. The van der Waals surface area contributed by atoms with E-state index in [1.165, 1.54) is 0 Å². The molecule has 0 bridgehead atoms. The Morgan fingerprint density at radius 2 is 1.79 bits per heavy atom. The minimum absolute atomic E-state index is 0.193. The number of rotatable bonds is 3. The van der Waals surface area contributed by atoms with Crippen LogP contribution in [-0.2, 0) is 4.74 Å². The van der Waals surface area contributed by atoms with Crippen molar-refractivity contribution in [1.29, 1.82) is 0 Å². The first kappa shape index (κ1) is 23.0. The molecule has 176 valence electrons. The maximum absolute atomic E-state index is 13.3. The number of likely N-dealkylation sites (tertiary alicyclic amines) is 1. The number of hydrogen-bond acceptors (Lipinski definition) is 5. The van der Waals surface area contributed by atoms with Crippen LogP contribution in [0, 0.1) is 6.92 Å². The zero-order chi connectivity index (χ0) is 24.0. The highest BCUT2D eigenvalue weighted by molar-refractivity contribution is 5.79. The Kier molecular flexibility index (Phi) is 5.82. The summed E-state index contributed by atoms with van der Waals surface area (Å²) in [7, 11) is 0. The maximum atomic E-state index is 13.3. The highest BCUT2D eigenvalue weighted by Crippen LogP contribution is 2.33. The van der Waals surface area contributed by atoms with Gasteiger partial charge in [0.15, 0.2) is 0 Å². The van der Waals surface area contributed by atoms with Gasteiger partial charge in [-0.1, -0.05) is 17.7 Å². The average molecular weight is 453 g/mol. The Balaban J connectivity index is 1.55. The van der Waals surface area contributed by atoms with Gasteiger partial charge < -0.3 is 19.3 Å². The van der Waals surface area contributed by atoms with Crippen molar-refractivity contribution in [3.8, 4) is 5.69 Å². The van der Waals surface area contributed by atoms with Crippen molar-refractivity contribution in [2.45, 2.75) is 64.7 Å². The van der Waals surface area contributed by atoms with Gasteiger partial charge in [0.1, 0.15) is 5.60 Å². The molecule has 1 aliphatic heterocycles. The minimum atomic E-state index is -1.11. The Morgan fingerprint density at radius 3 is 2.39 bits per heavy atom. The van der Waals surface area contributed by atoms with E-state index in [0.717, 1.165) is 16.8 Å². The smallest absolute Gasteiger partial charge is 0.410 e. The number of pyridine rings is 1. The molecule has 3 heterocycles. The number of fused-ring (bicyclic) bond motifs is 1. The summed E-state index contributed by atoms with van der Waals surface area (Å²) in [5.74, 6) is 0. The lowest BCUT2D eigenvalue weighted by Gasteiger charge is -2.42. The van der Waals surface area contributed by atoms with Crippen LogP contribution in [0.5, 0.6) is 0 Å². The monoisotopic (exact) mass is 452 g/mol. The summed E-state index contributed by atoms with van der Waals surface area (Å²) in [6.07, 6.45) is 3.65. The van der Waals surface area contributed by atoms with E-state index >= 15 is 0 Å². The molecule has 1 aromatic carbocycles. The summed E-state index contributed by atoms with van der Waals surface area (Å²) >= 11 is 0. The summed E-state index contributed by atoms with van der Waals surface area (Å²) in [5.41, 5.74) is 0.888. The number of aryl methyl sites for hydroxylation is 1. The number of carbonyl (C=O) groups is 1. The number of benzene rings is 1. The quantitative estimate of drug-likeness (QED) is 0.653. The second-order valence-electron chi connectivity index (χ2n) is 9.97. The first-order chi connectivity index (χ1) is 15.5. The van der Waals surface area contributed by atoms with Crippen molar-refractivity contribution >= 4 is 17.0 Å². The molecule has 1 saturated heterocycles. The van der Waals surface area contributed by atoms with Crippen LogP contribution in [0.15, 0.2) is 47.5 Å². The zero-order valence-electron chi connectivity index (χ0n) is 19.9. The molecule has 33 heavy (non-hydrogen) atoms. The van der Waals surface area contributed by atoms with E-state index in [0.29, 0.717) is 31.3 Å². The van der Waals surface area contributed by atoms with Gasteiger partial charge in [0.25, 0.3) is 5.56 Å². The molecule has 0 saturated carbocycles. The number of carbonyl (C=O) groups excluding carboxylic acids is 1. The number of aromatic nitrogens is 3. The standard InChI is InChI=1S/C25H32N4O4/c1-17-6-8-19(9-7-17)29-21-10-13-28(22(30)20(21)16-26-29)18(2)25(32)11-14-27(15-12-25)23(31)33-24(3,4)5/h6-10,13,16,18,32H,11-12,14-15H2,1-5H3. The molecule has 0 aliphatic carbocycles. The molecule has 0 spiro atoms. The predicted octanol–water partition coefficient (Wildman–Crippen LogP) is 3.82. The van der Waals surface area contributed by atoms with Crippen LogP contribution in [0.25, 0.3) is 16.6 Å². The molecule has 3 aromatic rings. The summed E-state index contributed by atoms with van der Waals surface area (Å²) in [5, 5.41) is 16.3. The number of amides is 1. The molecule has 1 fully saturated rings. The van der Waals surface area contributed by atoms with Crippen LogP contribution in [0.1, 0.15) is 52.1 Å². The van der Waals surface area contributed by atoms with E-state index in [4.69, 9.17) is 4.74 Å². The molecule has 8 nitrogen and oxygen atoms in total. The Morgan fingerprint density at radius 1 is 1.15 bits per heavy atom. The number of nitrogens with zero attached hydrogens (tertiary/aromatic N) is 4. The van der Waals surface area contributed by atoms with Crippen LogP contribution in [-0.4, -0.2) is 54.7 Å². The maximum Gasteiger partial charge on any atom is 0.410 e. The van der Waals surface area contributed by atoms with Crippen LogP contribution in [0.4, 0.5) is 4.79 Å². The lowest BCUT2D eigenvalue weighted by atomic mass is 9.85. The van der Waals surface area contributed by atoms with Crippen molar-refractivity contribution in [2.24, 2.45) is 0 Å². The van der Waals surface area contributed by atoms with Crippen molar-refractivity contribution in [3.63, 3.8) is 0 Å². The fraction of sp³-hybridized carbons (Fsp3) is 0.480. The number of hydrogen-bond donors (Lipinski definition) is 1. The van der Waals surface area contributed by atoms with Gasteiger partial charge in [0, 0.05) is 19.3 Å². The Labute approximate surface area is 193 Å². The van der Waals surface area contributed by atoms with E-state index in [9.17, 15) is 14.7 Å². The second-order valence-corrected chi connectivity index (χ2v) is 9.97. The van der Waals surface area contributed by atoms with Gasteiger partial charge >= 0.3 is 6.09 Å². The Hall–Kier alpha value is -3.13. The van der Waals surface area contributed by atoms with Crippen LogP contribution >= 0.6 is 0 Å². The van der Waals surface area contributed by atoms with Gasteiger partial charge in [0.2, 0.25) is 0 Å². The first-order valence-corrected chi connectivity index (χ1v) is 11.3. The van der Waals surface area contributed by atoms with Crippen LogP contribution in [0.2, 0.25) is 0 Å². The van der Waals surface area contributed by atoms with Crippen LogP contribution < -0.4 is 5.56 Å². The fourth-order valence-electron chi connectivity index (χ4n) is 4.32. The molecule has 1 amide bonds. The second kappa shape index (κ2) is 8.33. The fourth-order valence-corrected chi connectivity index (χ4v) is 4.32. The van der Waals surface area contributed by atoms with Crippen LogP contribution in [0.3, 0.4) is 0 Å². The third kappa shape index (κ3) is 4.53. The highest BCUT2D eigenvalue weighted by atomic mass is 16.6. The lowest BCUT2D eigenvalue weighted by molar-refractivity contribution is -0.0605. The topological polar surface area (TPSA) is 89.6 Å². The van der Waals surface area contributed by atoms with Crippen molar-refractivity contribution in [3.05, 3.63) is 58.6 Å². The number of piperidine rings is 1. The molecular formula is C25H32N4O4. The third-order valence-electron chi connectivity index (χ3n) is 6.42. The van der Waals surface area contributed by atoms with Crippen molar-refractivity contribution < 1.29 is 14.6 Å². The molecule has 1 unspecified atom stereocenters. The SMILES string of the molecule is Cc1ccc(-n2ncc3c(=O)n(C(C)C4(O)CCN(C(=O)OC(C)(C)C)CC4)ccc32)cc1. The highest BCUT2D eigenvalue weighted by Gasteiger charge is 2.40. The van der Waals surface area contributed by atoms with E-state index in [2.05, 4.69) is 5.10 Å². The molecule has 8 heteroatoms. The predicted molar refractivity (Wildman–Crippen MR) is 127 cm³/mol. The minimum Gasteiger partial charge on any atom is -0.444 e. The van der Waals surface area contributed by atoms with E-state index in [1.54, 1.807) is 26.5 Å². The largest absolute Gasteiger partial charge is 0.444 e. The van der Waals surface area contributed by atoms with Gasteiger partial charge in [-0.15, -0.1) is 0 Å². The van der Waals surface area contributed by atoms with Gasteiger partial charge in [-0.3, -0.25) is 4.79 Å². The van der Waals surface area contributed by atoms with E-state index in [-0.39, 0.29) is 11.7 Å². The molecule has 0 radical (unpaired) electrons. The van der Waals surface area contributed by atoms with Gasteiger partial charge in [0.05, 0.1) is 34.4 Å². The van der Waals surface area contributed by atoms with E-state index < -0.39 is 17.2 Å². The first-order valence-electron chi connectivity index (χ1n) is 11.3. The third-order valence-corrected chi connectivity index (χ3v) is 6.42. The van der Waals surface area contributed by atoms with Crippen molar-refractivity contribution in [1.82, 2.24) is 19.2 Å². The molecule has 1 N–H and O–H groups in total. The van der Waals surface area contributed by atoms with Gasteiger partial charge in [-0.25, -0.2) is 9.48 Å². The van der Waals surface area contributed by atoms with Gasteiger partial charge in [-0.05, 0) is 65.7 Å². The normalized spacial score (nSPS) is 17.2. The van der Waals surface area contributed by atoms with Crippen molar-refractivity contribution in [2.75, 3.05) is 13.1 Å². The lowest BCUT2D eigenvalue weighted by Crippen LogP contribution is -2.52. The summed E-state index contributed by atoms with van der Waals surface area (Å²) in [6.45, 7) is 10.1. The summed E-state index contributed by atoms with van der Waals surface area (Å²) in [6, 6.07) is 9.35.